The monoisotopic (exact) mass is 405 g/mol. The third-order valence-corrected chi connectivity index (χ3v) is 4.41. The lowest BCUT2D eigenvalue weighted by molar-refractivity contribution is -0.148. The van der Waals surface area contributed by atoms with E-state index in [0.29, 0.717) is 38.1 Å². The number of nitrogens with one attached hydrogen (secondary N) is 2. The van der Waals surface area contributed by atoms with Crippen molar-refractivity contribution >= 4 is 5.96 Å². The molecule has 1 rings (SSSR count). The molecule has 0 saturated carbocycles. The quantitative estimate of drug-likeness (QED) is 0.370. The number of halogens is 6. The second-order valence-corrected chi connectivity index (χ2v) is 6.90. The Balaban J connectivity index is 2.16. The number of likely N-dealkylation sites (N-methyl/N-ethyl adjacent to an activating group) is 1. The summed E-state index contributed by atoms with van der Waals surface area (Å²) in [6.07, 6.45) is -6.10. The van der Waals surface area contributed by atoms with Crippen LogP contribution >= 0.6 is 0 Å². The molecule has 0 amide bonds. The summed E-state index contributed by atoms with van der Waals surface area (Å²) in [5, 5.41) is 6.05. The predicted molar refractivity (Wildman–Crippen MR) is 92.8 cm³/mol. The van der Waals surface area contributed by atoms with Crippen LogP contribution in [0.3, 0.4) is 0 Å². The van der Waals surface area contributed by atoms with Gasteiger partial charge in [0.05, 0.1) is 13.1 Å². The van der Waals surface area contributed by atoms with Crippen molar-refractivity contribution in [3.05, 3.63) is 0 Å². The Morgan fingerprint density at radius 2 is 1.63 bits per heavy atom. The van der Waals surface area contributed by atoms with Gasteiger partial charge in [0.25, 0.3) is 0 Å². The fourth-order valence-corrected chi connectivity index (χ4v) is 3.05. The lowest BCUT2D eigenvalue weighted by atomic mass is 9.93. The zero-order valence-corrected chi connectivity index (χ0v) is 15.8. The third kappa shape index (κ3) is 12.0. The molecule has 0 radical (unpaired) electrons. The second-order valence-electron chi connectivity index (χ2n) is 6.90. The van der Waals surface area contributed by atoms with E-state index in [0.717, 1.165) is 19.3 Å². The summed E-state index contributed by atoms with van der Waals surface area (Å²) in [5.74, 6) is 0.864. The van der Waals surface area contributed by atoms with E-state index in [1.54, 1.807) is 7.05 Å². The summed E-state index contributed by atoms with van der Waals surface area (Å²) < 4.78 is 73.9. The number of hydrogen-bond acceptors (Lipinski definition) is 3. The molecule has 0 aliphatic carbocycles. The summed E-state index contributed by atoms with van der Waals surface area (Å²) in [4.78, 5) is 6.62. The van der Waals surface area contributed by atoms with Gasteiger partial charge in [-0.15, -0.1) is 0 Å². The minimum Gasteiger partial charge on any atom is -0.356 e. The summed E-state index contributed by atoms with van der Waals surface area (Å²) in [6.45, 7) is 0.235. The van der Waals surface area contributed by atoms with Gasteiger partial charge < -0.3 is 10.6 Å². The molecule has 0 atom stereocenters. The highest BCUT2D eigenvalue weighted by atomic mass is 19.4. The van der Waals surface area contributed by atoms with Crippen molar-refractivity contribution in [2.75, 3.05) is 59.9 Å². The van der Waals surface area contributed by atoms with Crippen molar-refractivity contribution in [1.82, 2.24) is 20.4 Å². The smallest absolute Gasteiger partial charge is 0.356 e. The van der Waals surface area contributed by atoms with Gasteiger partial charge in [-0.05, 0) is 45.3 Å². The van der Waals surface area contributed by atoms with Gasteiger partial charge in [0.15, 0.2) is 5.96 Å². The van der Waals surface area contributed by atoms with Crippen LogP contribution in [-0.2, 0) is 0 Å². The fraction of sp³-hybridized carbons (Fsp3) is 0.938. The number of guanidine groups is 1. The molecule has 0 spiro atoms. The van der Waals surface area contributed by atoms with E-state index in [-0.39, 0.29) is 6.54 Å². The van der Waals surface area contributed by atoms with Crippen LogP contribution in [0.1, 0.15) is 19.3 Å². The lowest BCUT2D eigenvalue weighted by Crippen LogP contribution is -2.43. The van der Waals surface area contributed by atoms with E-state index in [4.69, 9.17) is 0 Å². The number of hydrogen-bond donors (Lipinski definition) is 2. The molecular weight excluding hydrogens is 376 g/mol. The normalized spacial score (nSPS) is 18.2. The van der Waals surface area contributed by atoms with E-state index < -0.39 is 25.4 Å². The minimum absolute atomic E-state index is 0.220. The highest BCUT2D eigenvalue weighted by Gasteiger charge is 2.32. The molecule has 0 unspecified atom stereocenters. The highest BCUT2D eigenvalue weighted by Crippen LogP contribution is 2.23. The van der Waals surface area contributed by atoms with Gasteiger partial charge in [-0.25, -0.2) is 0 Å². The van der Waals surface area contributed by atoms with Crippen molar-refractivity contribution in [3.8, 4) is 0 Å². The molecule has 1 heterocycles. The SMILES string of the molecule is CN=C(NCCC1CCN(CC(F)(F)F)CC1)NCCN(C)CC(F)(F)F. The number of alkyl halides is 6. The summed E-state index contributed by atoms with van der Waals surface area (Å²) in [5.41, 5.74) is 0. The lowest BCUT2D eigenvalue weighted by Gasteiger charge is -2.32. The third-order valence-electron chi connectivity index (χ3n) is 4.41. The van der Waals surface area contributed by atoms with E-state index in [2.05, 4.69) is 15.6 Å². The molecule has 0 aromatic rings. The number of aliphatic imine (C=N–C) groups is 1. The molecule has 0 aromatic heterocycles. The topological polar surface area (TPSA) is 42.9 Å². The average Bonchev–Trinajstić information content (AvgIpc) is 2.52. The molecular formula is C16H29F6N5. The maximum Gasteiger partial charge on any atom is 0.401 e. The summed E-state index contributed by atoms with van der Waals surface area (Å²) in [7, 11) is 2.97. The number of likely N-dealkylation sites (tertiary alicyclic amines) is 1. The number of nitrogens with zero attached hydrogens (tertiary/aromatic N) is 3. The molecule has 0 bridgehead atoms. The molecule has 5 nitrogen and oxygen atoms in total. The van der Waals surface area contributed by atoms with Gasteiger partial charge in [-0.2, -0.15) is 26.3 Å². The maximum absolute atomic E-state index is 12.4. The Kier molecular flexibility index (Phi) is 9.65. The first kappa shape index (κ1) is 23.8. The Morgan fingerprint density at radius 1 is 1.04 bits per heavy atom. The van der Waals surface area contributed by atoms with E-state index in [1.165, 1.54) is 16.8 Å². The van der Waals surface area contributed by atoms with Gasteiger partial charge in [0.1, 0.15) is 0 Å². The van der Waals surface area contributed by atoms with Gasteiger partial charge in [0, 0.05) is 26.7 Å². The van der Waals surface area contributed by atoms with Crippen LogP contribution in [0, 0.1) is 5.92 Å². The largest absolute Gasteiger partial charge is 0.401 e. The molecule has 1 fully saturated rings. The van der Waals surface area contributed by atoms with Crippen LogP contribution < -0.4 is 10.6 Å². The van der Waals surface area contributed by atoms with Crippen LogP contribution in [0.5, 0.6) is 0 Å². The first-order valence-corrected chi connectivity index (χ1v) is 8.97. The van der Waals surface area contributed by atoms with Crippen LogP contribution in [-0.4, -0.2) is 88.0 Å². The van der Waals surface area contributed by atoms with Gasteiger partial charge in [-0.3, -0.25) is 14.8 Å². The highest BCUT2D eigenvalue weighted by molar-refractivity contribution is 5.79. The number of piperidine rings is 1. The van der Waals surface area contributed by atoms with Gasteiger partial charge in [0.2, 0.25) is 0 Å². The second kappa shape index (κ2) is 10.9. The minimum atomic E-state index is -4.22. The van der Waals surface area contributed by atoms with Crippen LogP contribution in [0.4, 0.5) is 26.3 Å². The molecule has 160 valence electrons. The van der Waals surface area contributed by atoms with Crippen LogP contribution in [0.2, 0.25) is 0 Å². The van der Waals surface area contributed by atoms with Gasteiger partial charge >= 0.3 is 12.4 Å². The molecule has 27 heavy (non-hydrogen) atoms. The summed E-state index contributed by atoms with van der Waals surface area (Å²) >= 11 is 0. The molecule has 1 saturated heterocycles. The van der Waals surface area contributed by atoms with Crippen LogP contribution in [0.15, 0.2) is 4.99 Å². The summed E-state index contributed by atoms with van der Waals surface area (Å²) in [6, 6.07) is 0. The van der Waals surface area contributed by atoms with Crippen LogP contribution in [0.25, 0.3) is 0 Å². The first-order valence-electron chi connectivity index (χ1n) is 8.97. The van der Waals surface area contributed by atoms with Crippen molar-refractivity contribution in [2.45, 2.75) is 31.6 Å². The van der Waals surface area contributed by atoms with E-state index >= 15 is 0 Å². The Labute approximate surface area is 156 Å². The molecule has 1 aliphatic rings. The Morgan fingerprint density at radius 3 is 2.15 bits per heavy atom. The molecule has 11 heteroatoms. The van der Waals surface area contributed by atoms with E-state index in [9.17, 15) is 26.3 Å². The Bertz CT molecular complexity index is 444. The van der Waals surface area contributed by atoms with Crippen molar-refractivity contribution in [3.63, 3.8) is 0 Å². The standard InChI is InChI=1S/C16H29F6N5/c1-23-14(25-7-10-26(2)11-15(17,18)19)24-6-3-13-4-8-27(9-5-13)12-16(20,21)22/h13H,3-12H2,1-2H3,(H2,23,24,25). The van der Waals surface area contributed by atoms with Gasteiger partial charge in [-0.1, -0.05) is 0 Å². The van der Waals surface area contributed by atoms with E-state index in [1.807, 2.05) is 0 Å². The maximum atomic E-state index is 12.4. The molecule has 1 aliphatic heterocycles. The van der Waals surface area contributed by atoms with Crippen molar-refractivity contribution < 1.29 is 26.3 Å². The average molecular weight is 405 g/mol. The zero-order valence-electron chi connectivity index (χ0n) is 15.8. The molecule has 2 N–H and O–H groups in total. The zero-order chi connectivity index (χ0) is 20.5. The predicted octanol–water partition coefficient (Wildman–Crippen LogP) is 2.31. The van der Waals surface area contributed by atoms with Crippen molar-refractivity contribution in [2.24, 2.45) is 10.9 Å². The Hall–Kier alpha value is -1.23. The first-order chi connectivity index (χ1) is 12.5. The number of rotatable bonds is 8. The van der Waals surface area contributed by atoms with Crippen molar-refractivity contribution in [1.29, 1.82) is 0 Å². The fourth-order valence-electron chi connectivity index (χ4n) is 3.05. The molecule has 0 aromatic carbocycles.